The van der Waals surface area contributed by atoms with Gasteiger partial charge < -0.3 is 5.11 Å². The molecule has 0 bridgehead atoms. The average Bonchev–Trinajstić information content (AvgIpc) is 2.40. The first-order chi connectivity index (χ1) is 9.77. The number of carbonyl (C=O) groups is 1. The summed E-state index contributed by atoms with van der Waals surface area (Å²) in [7, 11) is -3.70. The molecule has 0 aliphatic rings. The molecule has 0 heterocycles. The Morgan fingerprint density at radius 1 is 1.10 bits per heavy atom. The highest BCUT2D eigenvalue weighted by Crippen LogP contribution is 2.29. The predicted octanol–water partition coefficient (Wildman–Crippen LogP) is 2.49. The van der Waals surface area contributed by atoms with E-state index >= 15 is 0 Å². The van der Waals surface area contributed by atoms with E-state index in [1.807, 2.05) is 6.07 Å². The van der Waals surface area contributed by atoms with Gasteiger partial charge in [-0.15, -0.1) is 0 Å². The molecule has 0 amide bonds. The zero-order valence-corrected chi connectivity index (χ0v) is 12.7. The number of benzene rings is 2. The lowest BCUT2D eigenvalue weighted by Crippen LogP contribution is -2.11. The Morgan fingerprint density at radius 2 is 1.67 bits per heavy atom. The number of nitrogens with two attached hydrogens (primary N) is 1. The van der Waals surface area contributed by atoms with Crippen molar-refractivity contribution in [2.45, 2.75) is 21.6 Å². The molecule has 0 saturated carbocycles. The van der Waals surface area contributed by atoms with Gasteiger partial charge in [-0.25, -0.2) is 18.4 Å². The summed E-state index contributed by atoms with van der Waals surface area (Å²) in [6.07, 6.45) is 0. The van der Waals surface area contributed by atoms with Crippen LogP contribution in [-0.2, 0) is 10.0 Å². The molecular weight excluding hydrogens is 310 g/mol. The van der Waals surface area contributed by atoms with Gasteiger partial charge in [-0.3, -0.25) is 0 Å². The van der Waals surface area contributed by atoms with Crippen LogP contribution in [0.25, 0.3) is 0 Å². The molecule has 2 rings (SSSR count). The number of primary sulfonamides is 1. The first-order valence-corrected chi connectivity index (χ1v) is 8.28. The maximum absolute atomic E-state index is 11.2. The second kappa shape index (κ2) is 5.88. The zero-order chi connectivity index (χ0) is 15.6. The molecule has 0 aliphatic carbocycles. The number of aryl methyl sites for hydroxylation is 1. The molecule has 2 aromatic rings. The lowest BCUT2D eigenvalue weighted by Gasteiger charge is -2.06. The van der Waals surface area contributed by atoms with Gasteiger partial charge in [0.1, 0.15) is 0 Å². The van der Waals surface area contributed by atoms with Crippen LogP contribution in [0.4, 0.5) is 0 Å². The number of sulfonamides is 1. The van der Waals surface area contributed by atoms with Gasteiger partial charge in [-0.1, -0.05) is 17.8 Å². The number of hydrogen-bond acceptors (Lipinski definition) is 4. The third-order valence-corrected chi connectivity index (χ3v) is 4.75. The lowest BCUT2D eigenvalue weighted by atomic mass is 10.1. The SMILES string of the molecule is Cc1ccc(Sc2ccc(S(N)(=O)=O)cc2)cc1C(=O)O. The highest BCUT2D eigenvalue weighted by atomic mass is 32.2. The van der Waals surface area contributed by atoms with Crippen molar-refractivity contribution in [1.29, 1.82) is 0 Å². The highest BCUT2D eigenvalue weighted by molar-refractivity contribution is 7.99. The number of carboxylic acids is 1. The van der Waals surface area contributed by atoms with Gasteiger partial charge in [0.25, 0.3) is 0 Å². The molecule has 0 saturated heterocycles. The van der Waals surface area contributed by atoms with Crippen LogP contribution in [0.5, 0.6) is 0 Å². The van der Waals surface area contributed by atoms with Crippen LogP contribution in [0.15, 0.2) is 57.2 Å². The molecule has 0 atom stereocenters. The molecule has 0 aromatic heterocycles. The Bertz CT molecular complexity index is 783. The first kappa shape index (κ1) is 15.6. The van der Waals surface area contributed by atoms with Crippen LogP contribution in [-0.4, -0.2) is 19.5 Å². The summed E-state index contributed by atoms with van der Waals surface area (Å²) in [5.74, 6) is -0.973. The molecule has 7 heteroatoms. The smallest absolute Gasteiger partial charge is 0.335 e. The Kier molecular flexibility index (Phi) is 4.36. The maximum Gasteiger partial charge on any atom is 0.335 e. The molecular formula is C14H13NO4S2. The van der Waals surface area contributed by atoms with Crippen molar-refractivity contribution in [1.82, 2.24) is 0 Å². The Balaban J connectivity index is 2.26. The average molecular weight is 323 g/mol. The minimum absolute atomic E-state index is 0.0435. The van der Waals surface area contributed by atoms with E-state index < -0.39 is 16.0 Å². The van der Waals surface area contributed by atoms with Gasteiger partial charge in [-0.05, 0) is 48.9 Å². The number of hydrogen-bond donors (Lipinski definition) is 2. The molecule has 110 valence electrons. The molecule has 0 radical (unpaired) electrons. The van der Waals surface area contributed by atoms with Crippen LogP contribution < -0.4 is 5.14 Å². The summed E-state index contributed by atoms with van der Waals surface area (Å²) in [6.45, 7) is 1.73. The van der Waals surface area contributed by atoms with Crippen LogP contribution >= 0.6 is 11.8 Å². The Morgan fingerprint density at radius 3 is 2.19 bits per heavy atom. The molecule has 21 heavy (non-hydrogen) atoms. The molecule has 0 fully saturated rings. The van der Waals surface area contributed by atoms with E-state index in [0.29, 0.717) is 5.56 Å². The zero-order valence-electron chi connectivity index (χ0n) is 11.1. The van der Waals surface area contributed by atoms with E-state index in [9.17, 15) is 13.2 Å². The Hall–Kier alpha value is -1.83. The summed E-state index contributed by atoms with van der Waals surface area (Å²) in [5.41, 5.74) is 0.942. The second-order valence-corrected chi connectivity index (χ2v) is 7.11. The van der Waals surface area contributed by atoms with E-state index in [-0.39, 0.29) is 10.5 Å². The molecule has 0 unspecified atom stereocenters. The van der Waals surface area contributed by atoms with Gasteiger partial charge in [0, 0.05) is 9.79 Å². The van der Waals surface area contributed by atoms with E-state index in [1.165, 1.54) is 23.9 Å². The van der Waals surface area contributed by atoms with Crippen molar-refractivity contribution in [3.63, 3.8) is 0 Å². The quantitative estimate of drug-likeness (QED) is 0.901. The van der Waals surface area contributed by atoms with Gasteiger partial charge in [0.2, 0.25) is 10.0 Å². The summed E-state index contributed by atoms with van der Waals surface area (Å²) in [6, 6.07) is 11.3. The molecule has 5 nitrogen and oxygen atoms in total. The Labute approximate surface area is 126 Å². The van der Waals surface area contributed by atoms with Crippen molar-refractivity contribution >= 4 is 27.8 Å². The summed E-state index contributed by atoms with van der Waals surface area (Å²) >= 11 is 1.35. The van der Waals surface area contributed by atoms with Gasteiger partial charge in [-0.2, -0.15) is 0 Å². The third kappa shape index (κ3) is 3.84. The van der Waals surface area contributed by atoms with Gasteiger partial charge in [0.15, 0.2) is 0 Å². The number of rotatable bonds is 4. The normalized spacial score (nSPS) is 11.3. The van der Waals surface area contributed by atoms with Crippen molar-refractivity contribution in [2.24, 2.45) is 5.14 Å². The highest BCUT2D eigenvalue weighted by Gasteiger charge is 2.10. The monoisotopic (exact) mass is 323 g/mol. The van der Waals surface area contributed by atoms with Crippen LogP contribution in [0, 0.1) is 6.92 Å². The second-order valence-electron chi connectivity index (χ2n) is 4.40. The fourth-order valence-corrected chi connectivity index (χ4v) is 3.10. The van der Waals surface area contributed by atoms with Crippen molar-refractivity contribution in [3.05, 3.63) is 53.6 Å². The fourth-order valence-electron chi connectivity index (χ4n) is 1.73. The van der Waals surface area contributed by atoms with Crippen LogP contribution in [0.2, 0.25) is 0 Å². The van der Waals surface area contributed by atoms with Crippen molar-refractivity contribution in [3.8, 4) is 0 Å². The molecule has 0 aliphatic heterocycles. The van der Waals surface area contributed by atoms with E-state index in [0.717, 1.165) is 9.79 Å². The topological polar surface area (TPSA) is 97.5 Å². The largest absolute Gasteiger partial charge is 0.478 e. The minimum atomic E-state index is -3.70. The number of carboxylic acid groups (broad SMARTS) is 1. The molecule has 0 spiro atoms. The lowest BCUT2D eigenvalue weighted by molar-refractivity contribution is 0.0696. The number of aromatic carboxylic acids is 1. The van der Waals surface area contributed by atoms with Gasteiger partial charge >= 0.3 is 5.97 Å². The van der Waals surface area contributed by atoms with E-state index in [4.69, 9.17) is 10.2 Å². The van der Waals surface area contributed by atoms with Gasteiger partial charge in [0.05, 0.1) is 10.5 Å². The minimum Gasteiger partial charge on any atom is -0.478 e. The molecule has 3 N–H and O–H groups in total. The van der Waals surface area contributed by atoms with E-state index in [2.05, 4.69) is 0 Å². The third-order valence-electron chi connectivity index (χ3n) is 2.83. The standard InChI is InChI=1S/C14H13NO4S2/c1-9-2-3-11(8-13(9)14(16)17)20-10-4-6-12(7-5-10)21(15,18)19/h2-8H,1H3,(H,16,17)(H2,15,18,19). The predicted molar refractivity (Wildman–Crippen MR) is 80.1 cm³/mol. The first-order valence-electron chi connectivity index (χ1n) is 5.92. The van der Waals surface area contributed by atoms with Crippen molar-refractivity contribution in [2.75, 3.05) is 0 Å². The summed E-state index contributed by atoms with van der Waals surface area (Å²) < 4.78 is 22.3. The summed E-state index contributed by atoms with van der Waals surface area (Å²) in [4.78, 5) is 12.7. The molecule has 2 aromatic carbocycles. The van der Waals surface area contributed by atoms with Crippen molar-refractivity contribution < 1.29 is 18.3 Å². The van der Waals surface area contributed by atoms with E-state index in [1.54, 1.807) is 31.2 Å². The fraction of sp³-hybridized carbons (Fsp3) is 0.0714. The summed E-state index contributed by atoms with van der Waals surface area (Å²) in [5, 5.41) is 14.1. The maximum atomic E-state index is 11.2. The van der Waals surface area contributed by atoms with Crippen LogP contribution in [0.1, 0.15) is 15.9 Å². The van der Waals surface area contributed by atoms with Crippen LogP contribution in [0.3, 0.4) is 0 Å².